The van der Waals surface area contributed by atoms with Gasteiger partial charge in [0.25, 0.3) is 5.91 Å². The van der Waals surface area contributed by atoms with Crippen LogP contribution < -0.4 is 0 Å². The maximum absolute atomic E-state index is 13.3. The van der Waals surface area contributed by atoms with Gasteiger partial charge in [-0.05, 0) is 18.1 Å². The van der Waals surface area contributed by atoms with Gasteiger partial charge in [0.15, 0.2) is 0 Å². The first-order valence-corrected chi connectivity index (χ1v) is 9.77. The molecule has 1 N–H and O–H groups in total. The predicted octanol–water partition coefficient (Wildman–Crippen LogP) is 5.13. The Labute approximate surface area is 169 Å². The Bertz CT molecular complexity index is 1150. The summed E-state index contributed by atoms with van der Waals surface area (Å²) < 4.78 is 0. The summed E-state index contributed by atoms with van der Waals surface area (Å²) in [6, 6.07) is 28.4. The molecule has 0 aliphatic carbocycles. The SMILES string of the molecule is Cc1ccc(-c2n[nH]c3c2C(c2ccccc2)N(Cc2ccccc2)C3=O)cc1. The highest BCUT2D eigenvalue weighted by atomic mass is 16.2. The lowest BCUT2D eigenvalue weighted by Gasteiger charge is -2.26. The molecule has 3 aromatic carbocycles. The van der Waals surface area contributed by atoms with Crippen LogP contribution >= 0.6 is 0 Å². The number of H-pyrrole nitrogens is 1. The van der Waals surface area contributed by atoms with Crippen molar-refractivity contribution in [3.8, 4) is 11.3 Å². The van der Waals surface area contributed by atoms with E-state index in [2.05, 4.69) is 65.7 Å². The number of nitrogens with zero attached hydrogens (tertiary/aromatic N) is 2. The molecule has 0 saturated carbocycles. The van der Waals surface area contributed by atoms with Crippen LogP contribution in [0.2, 0.25) is 0 Å². The van der Waals surface area contributed by atoms with Gasteiger partial charge in [-0.15, -0.1) is 0 Å². The molecule has 1 unspecified atom stereocenters. The Kier molecular flexibility index (Phi) is 4.24. The Morgan fingerprint density at radius 1 is 0.897 bits per heavy atom. The summed E-state index contributed by atoms with van der Waals surface area (Å²) in [4.78, 5) is 15.3. The van der Waals surface area contributed by atoms with Crippen molar-refractivity contribution in [2.75, 3.05) is 0 Å². The molecule has 0 fully saturated rings. The van der Waals surface area contributed by atoms with Crippen LogP contribution in [-0.2, 0) is 6.54 Å². The van der Waals surface area contributed by atoms with Crippen LogP contribution in [-0.4, -0.2) is 21.0 Å². The smallest absolute Gasteiger partial charge is 0.273 e. The van der Waals surface area contributed by atoms with E-state index in [4.69, 9.17) is 0 Å². The van der Waals surface area contributed by atoms with E-state index in [0.717, 1.165) is 27.9 Å². The van der Waals surface area contributed by atoms with Gasteiger partial charge in [0, 0.05) is 17.7 Å². The number of carbonyl (C=O) groups excluding carboxylic acids is 1. The van der Waals surface area contributed by atoms with E-state index in [-0.39, 0.29) is 11.9 Å². The van der Waals surface area contributed by atoms with Crippen LogP contribution in [0.5, 0.6) is 0 Å². The molecule has 4 aromatic rings. The largest absolute Gasteiger partial charge is 0.322 e. The number of amides is 1. The van der Waals surface area contributed by atoms with E-state index < -0.39 is 0 Å². The Morgan fingerprint density at radius 2 is 1.55 bits per heavy atom. The third kappa shape index (κ3) is 3.03. The zero-order chi connectivity index (χ0) is 19.8. The number of aryl methyl sites for hydroxylation is 1. The van der Waals surface area contributed by atoms with Gasteiger partial charge in [-0.3, -0.25) is 9.89 Å². The molecule has 1 aliphatic heterocycles. The van der Waals surface area contributed by atoms with E-state index in [0.29, 0.717) is 12.2 Å². The van der Waals surface area contributed by atoms with E-state index >= 15 is 0 Å². The molecule has 0 bridgehead atoms. The minimum atomic E-state index is -0.172. The number of carbonyl (C=O) groups is 1. The second kappa shape index (κ2) is 7.06. The molecule has 2 heterocycles. The van der Waals surface area contributed by atoms with Gasteiger partial charge in [0.2, 0.25) is 0 Å². The van der Waals surface area contributed by atoms with Crippen molar-refractivity contribution in [3.05, 3.63) is 113 Å². The van der Waals surface area contributed by atoms with Crippen molar-refractivity contribution in [1.29, 1.82) is 0 Å². The standard InChI is InChI=1S/C25H21N3O/c1-17-12-14-19(15-13-17)22-21-23(27-26-22)25(29)28(16-18-8-4-2-5-9-18)24(21)20-10-6-3-7-11-20/h2-15,24H,16H2,1H3,(H,26,27). The van der Waals surface area contributed by atoms with Crippen molar-refractivity contribution in [2.24, 2.45) is 0 Å². The fourth-order valence-corrected chi connectivity index (χ4v) is 4.05. The van der Waals surface area contributed by atoms with E-state index in [1.807, 2.05) is 41.3 Å². The number of hydrogen-bond donors (Lipinski definition) is 1. The lowest BCUT2D eigenvalue weighted by atomic mass is 9.95. The highest BCUT2D eigenvalue weighted by Crippen LogP contribution is 2.43. The monoisotopic (exact) mass is 379 g/mol. The van der Waals surface area contributed by atoms with Gasteiger partial charge in [-0.2, -0.15) is 5.10 Å². The fraction of sp³-hybridized carbons (Fsp3) is 0.120. The first-order valence-electron chi connectivity index (χ1n) is 9.77. The molecule has 1 aliphatic rings. The van der Waals surface area contributed by atoms with Crippen LogP contribution in [0, 0.1) is 6.92 Å². The van der Waals surface area contributed by atoms with E-state index in [9.17, 15) is 4.79 Å². The lowest BCUT2D eigenvalue weighted by Crippen LogP contribution is -2.29. The summed E-state index contributed by atoms with van der Waals surface area (Å²) in [6.45, 7) is 2.62. The minimum absolute atomic E-state index is 0.0106. The number of rotatable bonds is 4. The predicted molar refractivity (Wildman–Crippen MR) is 113 cm³/mol. The van der Waals surface area contributed by atoms with Crippen molar-refractivity contribution >= 4 is 5.91 Å². The highest BCUT2D eigenvalue weighted by Gasteiger charge is 2.42. The normalized spacial score (nSPS) is 15.6. The molecule has 5 rings (SSSR count). The molecular formula is C25H21N3O. The average Bonchev–Trinajstić information content (AvgIpc) is 3.30. The second-order valence-corrected chi connectivity index (χ2v) is 7.46. The number of aromatic nitrogens is 2. The summed E-state index contributed by atoms with van der Waals surface area (Å²) in [6.07, 6.45) is 0. The summed E-state index contributed by atoms with van der Waals surface area (Å²) in [5.41, 5.74) is 6.80. The maximum atomic E-state index is 13.3. The molecule has 1 aromatic heterocycles. The average molecular weight is 379 g/mol. The third-order valence-electron chi connectivity index (χ3n) is 5.50. The van der Waals surface area contributed by atoms with Crippen LogP contribution in [0.4, 0.5) is 0 Å². The van der Waals surface area contributed by atoms with Crippen molar-refractivity contribution in [1.82, 2.24) is 15.1 Å². The first-order chi connectivity index (χ1) is 14.2. The minimum Gasteiger partial charge on any atom is -0.322 e. The zero-order valence-corrected chi connectivity index (χ0v) is 16.2. The molecule has 1 atom stereocenters. The van der Waals surface area contributed by atoms with Crippen LogP contribution in [0.1, 0.15) is 38.8 Å². The van der Waals surface area contributed by atoms with Crippen molar-refractivity contribution in [3.63, 3.8) is 0 Å². The molecule has 142 valence electrons. The molecule has 0 spiro atoms. The zero-order valence-electron chi connectivity index (χ0n) is 16.2. The fourth-order valence-electron chi connectivity index (χ4n) is 4.05. The topological polar surface area (TPSA) is 49.0 Å². The van der Waals surface area contributed by atoms with E-state index in [1.54, 1.807) is 0 Å². The van der Waals surface area contributed by atoms with Crippen LogP contribution in [0.3, 0.4) is 0 Å². The van der Waals surface area contributed by atoms with Gasteiger partial charge in [0.05, 0.1) is 11.7 Å². The maximum Gasteiger partial charge on any atom is 0.273 e. The highest BCUT2D eigenvalue weighted by molar-refractivity contribution is 6.00. The number of aromatic amines is 1. The number of hydrogen-bond acceptors (Lipinski definition) is 2. The van der Waals surface area contributed by atoms with Gasteiger partial charge >= 0.3 is 0 Å². The molecule has 4 nitrogen and oxygen atoms in total. The molecular weight excluding hydrogens is 358 g/mol. The Hall–Kier alpha value is -3.66. The van der Waals surface area contributed by atoms with Gasteiger partial charge < -0.3 is 4.90 Å². The molecule has 29 heavy (non-hydrogen) atoms. The first kappa shape index (κ1) is 17.4. The second-order valence-electron chi connectivity index (χ2n) is 7.46. The molecule has 1 amide bonds. The van der Waals surface area contributed by atoms with Crippen LogP contribution in [0.15, 0.2) is 84.9 Å². The quantitative estimate of drug-likeness (QED) is 0.534. The summed E-state index contributed by atoms with van der Waals surface area (Å²) in [5, 5.41) is 7.56. The number of nitrogens with one attached hydrogen (secondary N) is 1. The summed E-state index contributed by atoms with van der Waals surface area (Å²) in [7, 11) is 0. The summed E-state index contributed by atoms with van der Waals surface area (Å²) in [5.74, 6) is -0.0106. The van der Waals surface area contributed by atoms with Crippen molar-refractivity contribution in [2.45, 2.75) is 19.5 Å². The molecule has 0 radical (unpaired) electrons. The van der Waals surface area contributed by atoms with Crippen LogP contribution in [0.25, 0.3) is 11.3 Å². The van der Waals surface area contributed by atoms with E-state index in [1.165, 1.54) is 5.56 Å². The van der Waals surface area contributed by atoms with Gasteiger partial charge in [-0.1, -0.05) is 90.5 Å². The van der Waals surface area contributed by atoms with Crippen molar-refractivity contribution < 1.29 is 4.79 Å². The molecule has 4 heteroatoms. The Balaban J connectivity index is 1.64. The van der Waals surface area contributed by atoms with Gasteiger partial charge in [0.1, 0.15) is 5.69 Å². The lowest BCUT2D eigenvalue weighted by molar-refractivity contribution is 0.0730. The Morgan fingerprint density at radius 3 is 2.24 bits per heavy atom. The summed E-state index contributed by atoms with van der Waals surface area (Å²) >= 11 is 0. The number of benzene rings is 3. The number of fused-ring (bicyclic) bond motifs is 1. The molecule has 0 saturated heterocycles. The third-order valence-corrected chi connectivity index (χ3v) is 5.50. The van der Waals surface area contributed by atoms with Gasteiger partial charge in [-0.25, -0.2) is 0 Å².